The molecule has 2 unspecified atom stereocenters. The van der Waals surface area contributed by atoms with Crippen LogP contribution in [0.25, 0.3) is 66.2 Å². The predicted molar refractivity (Wildman–Crippen MR) is 236 cm³/mol. The minimum absolute atomic E-state index is 0.198. The van der Waals surface area contributed by atoms with Crippen LogP contribution < -0.4 is 10.2 Å². The molecule has 11 rings (SSSR count). The van der Waals surface area contributed by atoms with Gasteiger partial charge in [-0.1, -0.05) is 134 Å². The molecule has 2 heteroatoms. The van der Waals surface area contributed by atoms with Crippen LogP contribution in [0.1, 0.15) is 55.2 Å². The van der Waals surface area contributed by atoms with Gasteiger partial charge in [-0.15, -0.1) is 0 Å². The average molecular weight is 709 g/mol. The highest BCUT2D eigenvalue weighted by Gasteiger charge is 2.36. The fraction of sp³-hybridized carbons (Fsp3) is 0.170. The molecule has 266 valence electrons. The van der Waals surface area contributed by atoms with Gasteiger partial charge in [0, 0.05) is 6.04 Å². The number of nitrogens with zero attached hydrogens (tertiary/aromatic N) is 1. The van der Waals surface area contributed by atoms with Gasteiger partial charge in [0.05, 0.1) is 11.4 Å². The topological polar surface area (TPSA) is 15.3 Å². The monoisotopic (exact) mass is 708 g/mol. The summed E-state index contributed by atoms with van der Waals surface area (Å²) in [5.41, 5.74) is 14.8. The quantitative estimate of drug-likeness (QED) is 0.141. The van der Waals surface area contributed by atoms with Crippen LogP contribution in [0.4, 0.5) is 11.4 Å². The van der Waals surface area contributed by atoms with Gasteiger partial charge in [-0.25, -0.2) is 0 Å². The van der Waals surface area contributed by atoms with Crippen molar-refractivity contribution in [3.05, 3.63) is 180 Å². The van der Waals surface area contributed by atoms with Gasteiger partial charge in [-0.05, 0) is 158 Å². The minimum Gasteiger partial charge on any atom is -0.360 e. The van der Waals surface area contributed by atoms with E-state index in [4.69, 9.17) is 0 Å². The molecule has 0 radical (unpaired) electrons. The van der Waals surface area contributed by atoms with Gasteiger partial charge in [0.15, 0.2) is 0 Å². The first-order valence-electron chi connectivity index (χ1n) is 20.2. The molecular weight excluding hydrogens is 665 g/mol. The number of hydrogen-bond donors (Lipinski definition) is 1. The van der Waals surface area contributed by atoms with E-state index in [2.05, 4.69) is 174 Å². The molecule has 0 saturated carbocycles. The van der Waals surface area contributed by atoms with E-state index in [9.17, 15) is 0 Å². The van der Waals surface area contributed by atoms with E-state index in [0.29, 0.717) is 6.04 Å². The summed E-state index contributed by atoms with van der Waals surface area (Å²) in [4.78, 5) is 2.68. The number of nitrogens with one attached hydrogen (secondary N) is 1. The van der Waals surface area contributed by atoms with Crippen LogP contribution in [0.5, 0.6) is 0 Å². The SMILES string of the molecule is C1=Cc2cc(-c3c4ccccc4c(-c4ccc5ccccc5c4)c4ccc(C5=CC=C(C6Nc7ccccc7N6C6CC=CCC6)CC5)cc34)ccc2CC1. The van der Waals surface area contributed by atoms with Gasteiger partial charge >= 0.3 is 0 Å². The molecule has 7 aromatic carbocycles. The highest BCUT2D eigenvalue weighted by molar-refractivity contribution is 6.22. The third-order valence-corrected chi connectivity index (χ3v) is 12.7. The molecule has 7 aromatic rings. The smallest absolute Gasteiger partial charge is 0.122 e. The highest BCUT2D eigenvalue weighted by Crippen LogP contribution is 2.47. The van der Waals surface area contributed by atoms with E-state index in [0.717, 1.165) is 38.5 Å². The molecule has 4 aliphatic rings. The van der Waals surface area contributed by atoms with E-state index in [1.807, 2.05) is 0 Å². The fourth-order valence-electron chi connectivity index (χ4n) is 9.93. The molecule has 1 heterocycles. The Kier molecular flexibility index (Phi) is 7.83. The first-order valence-corrected chi connectivity index (χ1v) is 20.2. The zero-order chi connectivity index (χ0) is 36.3. The average Bonchev–Trinajstić information content (AvgIpc) is 3.65. The third-order valence-electron chi connectivity index (χ3n) is 12.7. The second-order valence-electron chi connectivity index (χ2n) is 15.8. The van der Waals surface area contributed by atoms with Crippen molar-refractivity contribution in [1.82, 2.24) is 0 Å². The Morgan fingerprint density at radius 2 is 1.31 bits per heavy atom. The van der Waals surface area contributed by atoms with Gasteiger partial charge in [0.2, 0.25) is 0 Å². The van der Waals surface area contributed by atoms with E-state index in [-0.39, 0.29) is 6.17 Å². The van der Waals surface area contributed by atoms with Crippen molar-refractivity contribution in [2.45, 2.75) is 57.2 Å². The predicted octanol–water partition coefficient (Wildman–Crippen LogP) is 13.9. The molecule has 3 aliphatic carbocycles. The number of rotatable bonds is 5. The summed E-state index contributed by atoms with van der Waals surface area (Å²) in [6.07, 6.45) is 22.2. The highest BCUT2D eigenvalue weighted by atomic mass is 15.3. The van der Waals surface area contributed by atoms with Crippen LogP contribution in [0, 0.1) is 0 Å². The van der Waals surface area contributed by atoms with E-state index >= 15 is 0 Å². The van der Waals surface area contributed by atoms with Crippen LogP contribution in [-0.2, 0) is 6.42 Å². The Balaban J connectivity index is 1.07. The van der Waals surface area contributed by atoms with Crippen molar-refractivity contribution >= 4 is 55.3 Å². The Labute approximate surface area is 323 Å². The third kappa shape index (κ3) is 5.54. The number of anilines is 2. The number of para-hydroxylation sites is 2. The summed E-state index contributed by atoms with van der Waals surface area (Å²) in [5.74, 6) is 0. The van der Waals surface area contributed by atoms with Crippen LogP contribution in [0.3, 0.4) is 0 Å². The number of hydrogen-bond acceptors (Lipinski definition) is 2. The molecule has 2 atom stereocenters. The standard InChI is InChI=1S/C53H44N2/c1-2-16-44(17-3-1)55-50-21-11-10-20-49(50)54-53(55)38-26-22-37(23-27-38)41-30-31-47-48(34-41)52(43-29-25-36-13-5-7-15-40(36)33-43)46-19-9-8-18-45(46)51(47)42-28-24-35-12-4-6-14-39(35)32-42/h1-2,4,6-12,14-15,18-22,24-26,28-34,44,53-54H,3,5,13,16-17,23,27H2. The molecule has 2 nitrogen and oxygen atoms in total. The van der Waals surface area contributed by atoms with E-state index < -0.39 is 0 Å². The van der Waals surface area contributed by atoms with E-state index in [1.165, 1.54) is 100 Å². The van der Waals surface area contributed by atoms with Crippen LogP contribution in [0.15, 0.2) is 163 Å². The normalized spacial score (nSPS) is 18.9. The lowest BCUT2D eigenvalue weighted by atomic mass is 9.83. The van der Waals surface area contributed by atoms with Gasteiger partial charge < -0.3 is 10.2 Å². The Morgan fingerprint density at radius 1 is 0.545 bits per heavy atom. The first kappa shape index (κ1) is 32.3. The maximum atomic E-state index is 3.93. The summed E-state index contributed by atoms with van der Waals surface area (Å²) < 4.78 is 0. The zero-order valence-electron chi connectivity index (χ0n) is 31.1. The van der Waals surface area contributed by atoms with Crippen molar-refractivity contribution in [3.8, 4) is 22.3 Å². The molecular formula is C53H44N2. The minimum atomic E-state index is 0.198. The lowest BCUT2D eigenvalue weighted by molar-refractivity contribution is 0.524. The summed E-state index contributed by atoms with van der Waals surface area (Å²) in [7, 11) is 0. The molecule has 0 fully saturated rings. The van der Waals surface area contributed by atoms with Crippen molar-refractivity contribution in [1.29, 1.82) is 0 Å². The molecule has 0 amide bonds. The van der Waals surface area contributed by atoms with Crippen molar-refractivity contribution in [3.63, 3.8) is 0 Å². The number of allylic oxidation sites excluding steroid dienone is 5. The Morgan fingerprint density at radius 3 is 2.16 bits per heavy atom. The maximum absolute atomic E-state index is 3.93. The van der Waals surface area contributed by atoms with E-state index in [1.54, 1.807) is 0 Å². The van der Waals surface area contributed by atoms with Gasteiger partial charge in [0.25, 0.3) is 0 Å². The van der Waals surface area contributed by atoms with Gasteiger partial charge in [-0.2, -0.15) is 0 Å². The lowest BCUT2D eigenvalue weighted by Gasteiger charge is -2.37. The van der Waals surface area contributed by atoms with Crippen molar-refractivity contribution in [2.24, 2.45) is 0 Å². The second-order valence-corrected chi connectivity index (χ2v) is 15.8. The first-order chi connectivity index (χ1) is 27.3. The lowest BCUT2D eigenvalue weighted by Crippen LogP contribution is -2.45. The Bertz CT molecular complexity index is 2790. The number of fused-ring (bicyclic) bond motifs is 5. The summed E-state index contributed by atoms with van der Waals surface area (Å²) >= 11 is 0. The molecule has 1 aliphatic heterocycles. The number of aryl methyl sites for hydroxylation is 1. The van der Waals surface area contributed by atoms with Crippen LogP contribution in [0.2, 0.25) is 0 Å². The fourth-order valence-corrected chi connectivity index (χ4v) is 9.93. The molecule has 0 aromatic heterocycles. The summed E-state index contributed by atoms with van der Waals surface area (Å²) in [6.45, 7) is 0. The molecule has 55 heavy (non-hydrogen) atoms. The van der Waals surface area contributed by atoms with Crippen molar-refractivity contribution in [2.75, 3.05) is 10.2 Å². The maximum Gasteiger partial charge on any atom is 0.122 e. The molecule has 0 bridgehead atoms. The zero-order valence-corrected chi connectivity index (χ0v) is 31.1. The second kappa shape index (κ2) is 13.3. The van der Waals surface area contributed by atoms with Gasteiger partial charge in [-0.3, -0.25) is 0 Å². The Hall–Kier alpha value is -6.12. The number of benzene rings is 7. The largest absolute Gasteiger partial charge is 0.360 e. The van der Waals surface area contributed by atoms with Gasteiger partial charge in [0.1, 0.15) is 6.17 Å². The van der Waals surface area contributed by atoms with Crippen LogP contribution >= 0.6 is 0 Å². The van der Waals surface area contributed by atoms with Crippen molar-refractivity contribution < 1.29 is 0 Å². The molecule has 0 saturated heterocycles. The van der Waals surface area contributed by atoms with Crippen LogP contribution in [-0.4, -0.2) is 12.2 Å². The summed E-state index contributed by atoms with van der Waals surface area (Å²) in [6, 6.07) is 48.7. The summed E-state index contributed by atoms with van der Waals surface area (Å²) in [5, 5.41) is 11.7. The molecule has 0 spiro atoms. The molecule has 1 N–H and O–H groups in total.